The number of alkyl halides is 3. The molecule has 1 aromatic carbocycles. The third-order valence-corrected chi connectivity index (χ3v) is 3.73. The number of rotatable bonds is 9. The maximum atomic E-state index is 12.3. The molecule has 5 nitrogen and oxygen atoms in total. The maximum Gasteiger partial charge on any atom is 0.422 e. The first-order chi connectivity index (χ1) is 11.7. The summed E-state index contributed by atoms with van der Waals surface area (Å²) in [5.41, 5.74) is 0.296. The Labute approximate surface area is 148 Å². The monoisotopic (exact) mass is 378 g/mol. The van der Waals surface area contributed by atoms with Crippen molar-refractivity contribution in [3.8, 4) is 5.75 Å². The molecule has 0 spiro atoms. The predicted octanol–water partition coefficient (Wildman–Crippen LogP) is 3.21. The van der Waals surface area contributed by atoms with E-state index in [0.29, 0.717) is 17.9 Å². The van der Waals surface area contributed by atoms with E-state index < -0.39 is 24.7 Å². The SMILES string of the molecule is CCC(=O)NC(CCSC)C(=O)Nc1cccc(OCC(F)(F)F)c1. The van der Waals surface area contributed by atoms with E-state index in [4.69, 9.17) is 0 Å². The summed E-state index contributed by atoms with van der Waals surface area (Å²) >= 11 is 1.54. The summed E-state index contributed by atoms with van der Waals surface area (Å²) in [7, 11) is 0. The summed E-state index contributed by atoms with van der Waals surface area (Å²) in [6.45, 7) is 0.271. The van der Waals surface area contributed by atoms with Crippen molar-refractivity contribution >= 4 is 29.3 Å². The summed E-state index contributed by atoms with van der Waals surface area (Å²) in [5, 5.41) is 5.23. The fourth-order valence-electron chi connectivity index (χ4n) is 1.86. The Bertz CT molecular complexity index is 582. The van der Waals surface area contributed by atoms with E-state index >= 15 is 0 Å². The van der Waals surface area contributed by atoms with Crippen LogP contribution in [0.1, 0.15) is 19.8 Å². The van der Waals surface area contributed by atoms with Gasteiger partial charge >= 0.3 is 6.18 Å². The fourth-order valence-corrected chi connectivity index (χ4v) is 2.33. The van der Waals surface area contributed by atoms with Crippen LogP contribution in [-0.4, -0.2) is 42.6 Å². The van der Waals surface area contributed by atoms with Crippen LogP contribution < -0.4 is 15.4 Å². The van der Waals surface area contributed by atoms with Crippen LogP contribution in [0.4, 0.5) is 18.9 Å². The molecule has 1 rings (SSSR count). The molecule has 0 saturated carbocycles. The average Bonchev–Trinajstić information content (AvgIpc) is 2.56. The van der Waals surface area contributed by atoms with Gasteiger partial charge in [-0.1, -0.05) is 13.0 Å². The van der Waals surface area contributed by atoms with E-state index in [1.807, 2.05) is 6.26 Å². The Hall–Kier alpha value is -1.90. The van der Waals surface area contributed by atoms with Gasteiger partial charge in [0.25, 0.3) is 0 Å². The molecule has 0 saturated heterocycles. The second-order valence-corrected chi connectivity index (χ2v) is 6.16. The lowest BCUT2D eigenvalue weighted by atomic mass is 10.2. The number of carbonyl (C=O) groups excluding carboxylic acids is 2. The average molecular weight is 378 g/mol. The summed E-state index contributed by atoms with van der Waals surface area (Å²) in [6, 6.07) is 4.97. The van der Waals surface area contributed by atoms with Gasteiger partial charge in [-0.3, -0.25) is 9.59 Å². The third kappa shape index (κ3) is 8.67. The molecule has 1 atom stereocenters. The summed E-state index contributed by atoms with van der Waals surface area (Å²) < 4.78 is 41.2. The first-order valence-corrected chi connectivity index (χ1v) is 9.03. The predicted molar refractivity (Wildman–Crippen MR) is 91.8 cm³/mol. The van der Waals surface area contributed by atoms with Gasteiger partial charge in [0.2, 0.25) is 11.8 Å². The lowest BCUT2D eigenvalue weighted by Crippen LogP contribution is -2.44. The maximum absolute atomic E-state index is 12.3. The highest BCUT2D eigenvalue weighted by atomic mass is 32.2. The number of carbonyl (C=O) groups is 2. The number of hydrogen-bond acceptors (Lipinski definition) is 4. The molecule has 0 heterocycles. The van der Waals surface area contributed by atoms with Gasteiger partial charge in [-0.25, -0.2) is 0 Å². The largest absolute Gasteiger partial charge is 0.484 e. The smallest absolute Gasteiger partial charge is 0.422 e. The van der Waals surface area contributed by atoms with Crippen molar-refractivity contribution in [2.45, 2.75) is 32.0 Å². The highest BCUT2D eigenvalue weighted by Crippen LogP contribution is 2.21. The molecule has 140 valence electrons. The molecule has 0 bridgehead atoms. The highest BCUT2D eigenvalue weighted by Gasteiger charge is 2.28. The number of benzene rings is 1. The van der Waals surface area contributed by atoms with Gasteiger partial charge in [-0.2, -0.15) is 24.9 Å². The molecule has 0 aliphatic rings. The molecule has 1 unspecified atom stereocenters. The highest BCUT2D eigenvalue weighted by molar-refractivity contribution is 7.98. The van der Waals surface area contributed by atoms with E-state index in [-0.39, 0.29) is 18.1 Å². The first kappa shape index (κ1) is 21.1. The second kappa shape index (κ2) is 10.2. The first-order valence-electron chi connectivity index (χ1n) is 7.64. The Balaban J connectivity index is 2.73. The van der Waals surface area contributed by atoms with Crippen molar-refractivity contribution in [1.29, 1.82) is 0 Å². The van der Waals surface area contributed by atoms with Crippen molar-refractivity contribution in [2.24, 2.45) is 0 Å². The van der Waals surface area contributed by atoms with Crippen LogP contribution in [0.5, 0.6) is 5.75 Å². The molecule has 9 heteroatoms. The Morgan fingerprint density at radius 3 is 2.64 bits per heavy atom. The van der Waals surface area contributed by atoms with Crippen LogP contribution in [0.3, 0.4) is 0 Å². The van der Waals surface area contributed by atoms with Gasteiger partial charge in [0, 0.05) is 18.2 Å². The van der Waals surface area contributed by atoms with Crippen LogP contribution in [0.2, 0.25) is 0 Å². The van der Waals surface area contributed by atoms with Gasteiger partial charge < -0.3 is 15.4 Å². The fraction of sp³-hybridized carbons (Fsp3) is 0.500. The Kier molecular flexibility index (Phi) is 8.60. The normalized spacial score (nSPS) is 12.4. The van der Waals surface area contributed by atoms with Crippen molar-refractivity contribution in [3.63, 3.8) is 0 Å². The molecule has 0 aromatic heterocycles. The van der Waals surface area contributed by atoms with Gasteiger partial charge in [0.15, 0.2) is 6.61 Å². The quantitative estimate of drug-likeness (QED) is 0.692. The van der Waals surface area contributed by atoms with E-state index in [0.717, 1.165) is 0 Å². The Morgan fingerprint density at radius 2 is 2.04 bits per heavy atom. The van der Waals surface area contributed by atoms with E-state index in [2.05, 4.69) is 15.4 Å². The number of hydrogen-bond donors (Lipinski definition) is 2. The van der Waals surface area contributed by atoms with Crippen molar-refractivity contribution < 1.29 is 27.5 Å². The van der Waals surface area contributed by atoms with Crippen LogP contribution in [0.15, 0.2) is 24.3 Å². The molecule has 0 fully saturated rings. The number of ether oxygens (including phenoxy) is 1. The minimum absolute atomic E-state index is 0.00613. The number of halogens is 3. The molecule has 0 radical (unpaired) electrons. The van der Waals surface area contributed by atoms with Crippen LogP contribution in [-0.2, 0) is 9.59 Å². The molecular weight excluding hydrogens is 357 g/mol. The van der Waals surface area contributed by atoms with Gasteiger partial charge in [-0.05, 0) is 30.6 Å². The number of nitrogens with one attached hydrogen (secondary N) is 2. The number of thioether (sulfide) groups is 1. The number of anilines is 1. The molecule has 0 aliphatic heterocycles. The van der Waals surface area contributed by atoms with Gasteiger partial charge in [-0.15, -0.1) is 0 Å². The van der Waals surface area contributed by atoms with E-state index in [9.17, 15) is 22.8 Å². The molecule has 1 aromatic rings. The molecule has 2 N–H and O–H groups in total. The second-order valence-electron chi connectivity index (χ2n) is 5.18. The summed E-state index contributed by atoms with van der Waals surface area (Å²) in [4.78, 5) is 23.9. The lowest BCUT2D eigenvalue weighted by Gasteiger charge is -2.18. The van der Waals surface area contributed by atoms with Gasteiger partial charge in [0.05, 0.1) is 0 Å². The zero-order chi connectivity index (χ0) is 18.9. The minimum Gasteiger partial charge on any atom is -0.484 e. The van der Waals surface area contributed by atoms with E-state index in [1.165, 1.54) is 24.3 Å². The van der Waals surface area contributed by atoms with Crippen LogP contribution in [0.25, 0.3) is 0 Å². The minimum atomic E-state index is -4.44. The van der Waals surface area contributed by atoms with Crippen molar-refractivity contribution in [2.75, 3.05) is 23.9 Å². The van der Waals surface area contributed by atoms with E-state index in [1.54, 1.807) is 18.7 Å². The standard InChI is InChI=1S/C16H21F3N2O3S/c1-3-14(22)21-13(7-8-25-2)15(23)20-11-5-4-6-12(9-11)24-10-16(17,18)19/h4-6,9,13H,3,7-8,10H2,1-2H3,(H,20,23)(H,21,22). The zero-order valence-electron chi connectivity index (χ0n) is 14.0. The topological polar surface area (TPSA) is 67.4 Å². The molecule has 2 amide bonds. The number of amides is 2. The van der Waals surface area contributed by atoms with Crippen LogP contribution >= 0.6 is 11.8 Å². The zero-order valence-corrected chi connectivity index (χ0v) is 14.8. The molecule has 25 heavy (non-hydrogen) atoms. The third-order valence-electron chi connectivity index (χ3n) is 3.09. The summed E-state index contributed by atoms with van der Waals surface area (Å²) in [5.74, 6) is -0.00250. The lowest BCUT2D eigenvalue weighted by molar-refractivity contribution is -0.153. The molecule has 0 aliphatic carbocycles. The van der Waals surface area contributed by atoms with Gasteiger partial charge in [0.1, 0.15) is 11.8 Å². The van der Waals surface area contributed by atoms with Crippen LogP contribution in [0, 0.1) is 0 Å². The van der Waals surface area contributed by atoms with Crippen molar-refractivity contribution in [3.05, 3.63) is 24.3 Å². The summed E-state index contributed by atoms with van der Waals surface area (Å²) in [6.07, 6.45) is -1.85. The molecular formula is C16H21F3N2O3S. The Morgan fingerprint density at radius 1 is 1.32 bits per heavy atom. The van der Waals surface area contributed by atoms with Crippen molar-refractivity contribution in [1.82, 2.24) is 5.32 Å².